The van der Waals surface area contributed by atoms with E-state index in [1.165, 1.54) is 20.0 Å². The van der Waals surface area contributed by atoms with E-state index >= 15 is 0 Å². The molecule has 0 radical (unpaired) electrons. The highest BCUT2D eigenvalue weighted by molar-refractivity contribution is 9.10. The van der Waals surface area contributed by atoms with Gasteiger partial charge in [-0.3, -0.25) is 28.7 Å². The van der Waals surface area contributed by atoms with E-state index in [0.717, 1.165) is 17.1 Å². The monoisotopic (exact) mass is 538 g/mol. The number of benzene rings is 1. The van der Waals surface area contributed by atoms with Crippen LogP contribution in [0.15, 0.2) is 50.6 Å². The minimum atomic E-state index is -1.54. The van der Waals surface area contributed by atoms with Gasteiger partial charge in [0.1, 0.15) is 12.2 Å². The Morgan fingerprint density at radius 3 is 2.29 bits per heavy atom. The summed E-state index contributed by atoms with van der Waals surface area (Å²) in [5.74, 6) is -2.05. The van der Waals surface area contributed by atoms with Crippen LogP contribution in [-0.4, -0.2) is 51.9 Å². The Kier molecular flexibility index (Phi) is 7.72. The molecule has 182 valence electrons. The first-order chi connectivity index (χ1) is 16.0. The van der Waals surface area contributed by atoms with Crippen LogP contribution < -0.4 is 11.2 Å². The number of esters is 3. The molecule has 1 N–H and O–H groups in total. The molecule has 0 amide bonds. The van der Waals surface area contributed by atoms with Gasteiger partial charge in [-0.1, -0.05) is 30.3 Å². The molecule has 1 aromatic carbocycles. The SMILES string of the molecule is CC(=O)OC[C@@]1(Cc2ccccc2)O[C@@H](n2cc(Br)c(=O)[nH]c2=O)C(OC(C)=O)C1OC(C)=O. The average molecular weight is 539 g/mol. The van der Waals surface area contributed by atoms with Gasteiger partial charge < -0.3 is 18.9 Å². The Morgan fingerprint density at radius 1 is 1.06 bits per heavy atom. The lowest BCUT2D eigenvalue weighted by molar-refractivity contribution is -0.177. The molecule has 1 aliphatic rings. The molecule has 4 atom stereocenters. The van der Waals surface area contributed by atoms with E-state index < -0.39 is 53.2 Å². The number of nitrogens with one attached hydrogen (secondary N) is 1. The third kappa shape index (κ3) is 5.62. The third-order valence-electron chi connectivity index (χ3n) is 5.11. The van der Waals surface area contributed by atoms with E-state index in [1.54, 1.807) is 24.3 Å². The summed E-state index contributed by atoms with van der Waals surface area (Å²) in [6.45, 7) is 3.15. The molecule has 1 fully saturated rings. The quantitative estimate of drug-likeness (QED) is 0.406. The number of carbonyl (C=O) groups excluding carboxylic acids is 3. The van der Waals surface area contributed by atoms with Crippen LogP contribution in [0.1, 0.15) is 32.6 Å². The molecule has 0 bridgehead atoms. The molecule has 2 aromatic rings. The van der Waals surface area contributed by atoms with Gasteiger partial charge in [0.25, 0.3) is 5.56 Å². The number of nitrogens with zero attached hydrogens (tertiary/aromatic N) is 1. The van der Waals surface area contributed by atoms with E-state index in [0.29, 0.717) is 0 Å². The van der Waals surface area contributed by atoms with Gasteiger partial charge in [0, 0.05) is 33.4 Å². The summed E-state index contributed by atoms with van der Waals surface area (Å²) < 4.78 is 23.6. The number of halogens is 1. The highest BCUT2D eigenvalue weighted by Crippen LogP contribution is 2.43. The first-order valence-electron chi connectivity index (χ1n) is 10.2. The van der Waals surface area contributed by atoms with Gasteiger partial charge in [-0.25, -0.2) is 4.79 Å². The number of hydrogen-bond acceptors (Lipinski definition) is 9. The fourth-order valence-electron chi connectivity index (χ4n) is 3.83. The molecule has 2 heterocycles. The Bertz CT molecular complexity index is 1190. The van der Waals surface area contributed by atoms with Crippen molar-refractivity contribution in [3.8, 4) is 0 Å². The van der Waals surface area contributed by atoms with E-state index in [1.807, 2.05) is 6.07 Å². The number of hydrogen-bond donors (Lipinski definition) is 1. The van der Waals surface area contributed by atoms with Crippen LogP contribution in [0.4, 0.5) is 0 Å². The van der Waals surface area contributed by atoms with Crippen LogP contribution in [-0.2, 0) is 39.8 Å². The molecule has 1 aromatic heterocycles. The topological polar surface area (TPSA) is 143 Å². The summed E-state index contributed by atoms with van der Waals surface area (Å²) >= 11 is 3.06. The summed E-state index contributed by atoms with van der Waals surface area (Å²) in [4.78, 5) is 62.4. The van der Waals surface area contributed by atoms with Crippen molar-refractivity contribution < 1.29 is 33.3 Å². The maximum atomic E-state index is 12.6. The lowest BCUT2D eigenvalue weighted by atomic mass is 9.88. The number of rotatable bonds is 7. The largest absolute Gasteiger partial charge is 0.463 e. The first kappa shape index (κ1) is 25.4. The Labute approximate surface area is 202 Å². The zero-order valence-electron chi connectivity index (χ0n) is 18.6. The fraction of sp³-hybridized carbons (Fsp3) is 0.409. The minimum absolute atomic E-state index is 0.0156. The zero-order chi connectivity index (χ0) is 25.0. The van der Waals surface area contributed by atoms with Gasteiger partial charge in [0.2, 0.25) is 0 Å². The molecule has 0 spiro atoms. The molecule has 12 heteroatoms. The second kappa shape index (κ2) is 10.3. The van der Waals surface area contributed by atoms with Crippen LogP contribution in [0.25, 0.3) is 0 Å². The zero-order valence-corrected chi connectivity index (χ0v) is 20.2. The predicted octanol–water partition coefficient (Wildman–Crippen LogP) is 1.24. The second-order valence-corrected chi connectivity index (χ2v) is 8.62. The molecule has 3 rings (SSSR count). The Hall–Kier alpha value is -3.25. The van der Waals surface area contributed by atoms with Crippen LogP contribution in [0.5, 0.6) is 0 Å². The summed E-state index contributed by atoms with van der Waals surface area (Å²) in [5, 5.41) is 0. The molecule has 0 saturated carbocycles. The minimum Gasteiger partial charge on any atom is -0.463 e. The van der Waals surface area contributed by atoms with Crippen molar-refractivity contribution in [1.82, 2.24) is 9.55 Å². The summed E-state index contributed by atoms with van der Waals surface area (Å²) in [6.07, 6.45) is -2.65. The van der Waals surface area contributed by atoms with Crippen molar-refractivity contribution in [2.75, 3.05) is 6.61 Å². The summed E-state index contributed by atoms with van der Waals surface area (Å²) in [6, 6.07) is 8.97. The Balaban J connectivity index is 2.20. The van der Waals surface area contributed by atoms with Crippen LogP contribution in [0.3, 0.4) is 0 Å². The van der Waals surface area contributed by atoms with Crippen molar-refractivity contribution in [1.29, 1.82) is 0 Å². The molecule has 2 unspecified atom stereocenters. The molecule has 11 nitrogen and oxygen atoms in total. The first-order valence-corrected chi connectivity index (χ1v) is 11.0. The second-order valence-electron chi connectivity index (χ2n) is 7.76. The van der Waals surface area contributed by atoms with Crippen molar-refractivity contribution >= 4 is 33.8 Å². The van der Waals surface area contributed by atoms with Crippen molar-refractivity contribution in [2.24, 2.45) is 0 Å². The molecule has 1 saturated heterocycles. The van der Waals surface area contributed by atoms with Gasteiger partial charge >= 0.3 is 23.6 Å². The maximum absolute atomic E-state index is 12.6. The third-order valence-corrected chi connectivity index (χ3v) is 5.68. The van der Waals surface area contributed by atoms with Crippen LogP contribution >= 0.6 is 15.9 Å². The van der Waals surface area contributed by atoms with Gasteiger partial charge in [-0.2, -0.15) is 0 Å². The van der Waals surface area contributed by atoms with Gasteiger partial charge in [0.05, 0.1) is 4.47 Å². The average Bonchev–Trinajstić information content (AvgIpc) is 3.02. The van der Waals surface area contributed by atoms with Gasteiger partial charge in [-0.15, -0.1) is 0 Å². The number of ether oxygens (including phenoxy) is 4. The number of carbonyl (C=O) groups is 3. The molecule has 34 heavy (non-hydrogen) atoms. The standard InChI is InChI=1S/C22H23BrN2O9/c1-12(26)31-11-22(9-15-7-5-4-6-8-15)18(33-14(3)28)17(32-13(2)27)20(34-22)25-10-16(23)19(29)24-21(25)30/h4-8,10,17-18,20H,9,11H2,1-3H3,(H,24,29,30)/t17?,18?,20-,22-/m1/s1. The van der Waals surface area contributed by atoms with Crippen LogP contribution in [0.2, 0.25) is 0 Å². The number of aromatic nitrogens is 2. The maximum Gasteiger partial charge on any atom is 0.330 e. The smallest absolute Gasteiger partial charge is 0.330 e. The van der Waals surface area contributed by atoms with Crippen molar-refractivity contribution in [2.45, 2.75) is 51.2 Å². The lowest BCUT2D eigenvalue weighted by Gasteiger charge is -2.33. The molecular weight excluding hydrogens is 516 g/mol. The molecular formula is C22H23BrN2O9. The Morgan fingerprint density at radius 2 is 1.71 bits per heavy atom. The summed E-state index contributed by atoms with van der Waals surface area (Å²) in [5.41, 5.74) is -2.31. The van der Waals surface area contributed by atoms with Gasteiger partial charge in [0.15, 0.2) is 18.4 Å². The highest BCUT2D eigenvalue weighted by Gasteiger charge is 2.60. The predicted molar refractivity (Wildman–Crippen MR) is 120 cm³/mol. The van der Waals surface area contributed by atoms with E-state index in [-0.39, 0.29) is 17.5 Å². The van der Waals surface area contributed by atoms with E-state index in [9.17, 15) is 24.0 Å². The van der Waals surface area contributed by atoms with E-state index in [2.05, 4.69) is 20.9 Å². The number of aromatic amines is 1. The lowest BCUT2D eigenvalue weighted by Crippen LogP contribution is -2.52. The van der Waals surface area contributed by atoms with E-state index in [4.69, 9.17) is 18.9 Å². The van der Waals surface area contributed by atoms with Gasteiger partial charge in [-0.05, 0) is 21.5 Å². The fourth-order valence-corrected chi connectivity index (χ4v) is 4.15. The van der Waals surface area contributed by atoms with Crippen molar-refractivity contribution in [3.05, 3.63) is 67.4 Å². The van der Waals surface area contributed by atoms with Crippen LogP contribution in [0, 0.1) is 0 Å². The number of H-pyrrole nitrogens is 1. The van der Waals surface area contributed by atoms with Crippen molar-refractivity contribution in [3.63, 3.8) is 0 Å². The molecule has 0 aliphatic carbocycles. The molecule has 1 aliphatic heterocycles. The highest BCUT2D eigenvalue weighted by atomic mass is 79.9. The summed E-state index contributed by atoms with van der Waals surface area (Å²) in [7, 11) is 0. The normalized spacial score (nSPS) is 23.8.